The summed E-state index contributed by atoms with van der Waals surface area (Å²) in [4.78, 5) is 36.5. The van der Waals surface area contributed by atoms with Gasteiger partial charge in [-0.3, -0.25) is 14.5 Å². The number of fused-ring (bicyclic) bond motifs is 1. The minimum absolute atomic E-state index is 0.0117. The Balaban J connectivity index is 1.31. The van der Waals surface area contributed by atoms with Gasteiger partial charge in [0, 0.05) is 48.8 Å². The largest absolute Gasteiger partial charge is 0.353 e. The van der Waals surface area contributed by atoms with Crippen LogP contribution in [0.2, 0.25) is 0 Å². The van der Waals surface area contributed by atoms with Gasteiger partial charge in [0.2, 0.25) is 5.91 Å². The highest BCUT2D eigenvalue weighted by molar-refractivity contribution is 6.09. The monoisotopic (exact) mass is 616 g/mol. The Morgan fingerprint density at radius 2 is 1.82 bits per heavy atom. The van der Waals surface area contributed by atoms with E-state index >= 15 is 0 Å². The molecule has 3 fully saturated rings. The lowest BCUT2D eigenvalue weighted by molar-refractivity contribution is -0.218. The molecule has 1 aromatic heterocycles. The number of rotatable bonds is 9. The lowest BCUT2D eigenvalue weighted by Crippen LogP contribution is -2.54. The zero-order chi connectivity index (χ0) is 31.3. The molecule has 3 aromatic rings. The molecule has 240 valence electrons. The molecule has 6 rings (SSSR count). The smallest absolute Gasteiger partial charge is 0.252 e. The van der Waals surface area contributed by atoms with Crippen molar-refractivity contribution in [2.75, 3.05) is 26.2 Å². The van der Waals surface area contributed by atoms with E-state index in [0.717, 1.165) is 37.7 Å². The highest BCUT2D eigenvalue weighted by Crippen LogP contribution is 2.33. The van der Waals surface area contributed by atoms with Crippen molar-refractivity contribution in [2.24, 2.45) is 5.92 Å². The third-order valence-electron chi connectivity index (χ3n) is 9.68. The maximum absolute atomic E-state index is 14.7. The summed E-state index contributed by atoms with van der Waals surface area (Å²) in [5.41, 5.74) is 3.24. The number of pyridine rings is 1. The molecule has 0 spiro atoms. The van der Waals surface area contributed by atoms with Crippen LogP contribution in [0.3, 0.4) is 0 Å². The van der Waals surface area contributed by atoms with Crippen molar-refractivity contribution in [2.45, 2.75) is 90.3 Å². The van der Waals surface area contributed by atoms with Crippen LogP contribution in [0.4, 0.5) is 4.39 Å². The summed E-state index contributed by atoms with van der Waals surface area (Å²) < 4.78 is 26.6. The lowest BCUT2D eigenvalue weighted by atomic mass is 9.84. The highest BCUT2D eigenvalue weighted by Gasteiger charge is 2.32. The molecule has 0 bridgehead atoms. The van der Waals surface area contributed by atoms with Crippen molar-refractivity contribution in [3.05, 3.63) is 65.5 Å². The molecule has 0 radical (unpaired) electrons. The van der Waals surface area contributed by atoms with Crippen LogP contribution in [0.25, 0.3) is 22.2 Å². The topological polar surface area (TPSA) is 84.0 Å². The lowest BCUT2D eigenvalue weighted by Gasteiger charge is -2.39. The normalized spacial score (nSPS) is 21.5. The number of ether oxygens (including phenoxy) is 2. The number of aromatic nitrogens is 1. The van der Waals surface area contributed by atoms with E-state index in [1.165, 1.54) is 31.4 Å². The molecule has 2 unspecified atom stereocenters. The van der Waals surface area contributed by atoms with Gasteiger partial charge in [-0.05, 0) is 70.1 Å². The average molecular weight is 617 g/mol. The summed E-state index contributed by atoms with van der Waals surface area (Å²) in [5, 5.41) is 3.78. The molecule has 9 heteroatoms. The highest BCUT2D eigenvalue weighted by atomic mass is 19.1. The van der Waals surface area contributed by atoms with Crippen molar-refractivity contribution in [1.82, 2.24) is 20.1 Å². The second-order valence-corrected chi connectivity index (χ2v) is 12.8. The number of benzene rings is 2. The molecule has 2 saturated heterocycles. The van der Waals surface area contributed by atoms with Gasteiger partial charge in [-0.2, -0.15) is 0 Å². The number of nitrogens with zero attached hydrogens (tertiary/aromatic N) is 3. The van der Waals surface area contributed by atoms with Gasteiger partial charge < -0.3 is 19.7 Å². The first-order valence-corrected chi connectivity index (χ1v) is 16.6. The Labute approximate surface area is 265 Å². The summed E-state index contributed by atoms with van der Waals surface area (Å²) in [6.07, 6.45) is 8.03. The van der Waals surface area contributed by atoms with Gasteiger partial charge in [-0.15, -0.1) is 0 Å². The average Bonchev–Trinajstić information content (AvgIpc) is 3.05. The summed E-state index contributed by atoms with van der Waals surface area (Å²) in [7, 11) is 0. The Morgan fingerprint density at radius 3 is 2.56 bits per heavy atom. The maximum Gasteiger partial charge on any atom is 0.252 e. The molecular formula is C36H45FN4O4. The quantitative estimate of drug-likeness (QED) is 0.305. The van der Waals surface area contributed by atoms with E-state index in [1.807, 2.05) is 37.3 Å². The Hall–Kier alpha value is -3.40. The summed E-state index contributed by atoms with van der Waals surface area (Å²) in [5.74, 6) is -0.268. The van der Waals surface area contributed by atoms with Gasteiger partial charge in [-0.1, -0.05) is 49.6 Å². The second kappa shape index (κ2) is 14.4. The van der Waals surface area contributed by atoms with E-state index < -0.39 is 12.0 Å². The van der Waals surface area contributed by atoms with E-state index in [9.17, 15) is 14.0 Å². The van der Waals surface area contributed by atoms with Crippen LogP contribution in [-0.2, 0) is 20.8 Å². The van der Waals surface area contributed by atoms with Crippen LogP contribution in [0.1, 0.15) is 81.1 Å². The summed E-state index contributed by atoms with van der Waals surface area (Å²) in [6, 6.07) is 14.2. The van der Waals surface area contributed by atoms with Gasteiger partial charge in [0.25, 0.3) is 5.91 Å². The van der Waals surface area contributed by atoms with E-state index in [2.05, 4.69) is 17.1 Å². The molecule has 2 amide bonds. The Morgan fingerprint density at radius 1 is 1.04 bits per heavy atom. The predicted molar refractivity (Wildman–Crippen MR) is 172 cm³/mol. The van der Waals surface area contributed by atoms with E-state index in [0.29, 0.717) is 59.9 Å². The summed E-state index contributed by atoms with van der Waals surface area (Å²) in [6.45, 7) is 6.25. The zero-order valence-corrected chi connectivity index (χ0v) is 26.5. The van der Waals surface area contributed by atoms with Crippen LogP contribution >= 0.6 is 0 Å². The first-order chi connectivity index (χ1) is 21.9. The fourth-order valence-electron chi connectivity index (χ4n) is 7.14. The fraction of sp³-hybridized carbons (Fsp3) is 0.528. The van der Waals surface area contributed by atoms with Gasteiger partial charge in [0.05, 0.1) is 23.3 Å². The van der Waals surface area contributed by atoms with Crippen LogP contribution in [0.15, 0.2) is 48.5 Å². The third kappa shape index (κ3) is 7.37. The number of carbonyl (C=O) groups is 2. The number of piperazine rings is 1. The molecule has 3 aliphatic rings. The van der Waals surface area contributed by atoms with Crippen molar-refractivity contribution in [3.8, 4) is 11.3 Å². The van der Waals surface area contributed by atoms with Crippen molar-refractivity contribution < 1.29 is 23.5 Å². The van der Waals surface area contributed by atoms with Crippen molar-refractivity contribution in [1.29, 1.82) is 0 Å². The SMILES string of the molecule is CC(OC1CCCCO1)N1CCN(Cc2c(-c3ccccc3)nc3ccc(F)cc3c2C(=O)N[C@@H](C)C2CCCCC2)CC1=O. The Bertz CT molecular complexity index is 1490. The molecular weight excluding hydrogens is 571 g/mol. The molecule has 3 atom stereocenters. The minimum atomic E-state index is -0.420. The van der Waals surface area contributed by atoms with Gasteiger partial charge in [-0.25, -0.2) is 9.37 Å². The van der Waals surface area contributed by atoms with Crippen LogP contribution < -0.4 is 5.32 Å². The van der Waals surface area contributed by atoms with Crippen molar-refractivity contribution in [3.63, 3.8) is 0 Å². The molecule has 1 saturated carbocycles. The molecule has 3 heterocycles. The van der Waals surface area contributed by atoms with E-state index in [4.69, 9.17) is 14.5 Å². The molecule has 1 N–H and O–H groups in total. The van der Waals surface area contributed by atoms with Gasteiger partial charge >= 0.3 is 0 Å². The Kier molecular flexibility index (Phi) is 10.1. The van der Waals surface area contributed by atoms with Crippen LogP contribution in [0, 0.1) is 11.7 Å². The second-order valence-electron chi connectivity index (χ2n) is 12.8. The maximum atomic E-state index is 14.7. The number of carbonyl (C=O) groups excluding carboxylic acids is 2. The minimum Gasteiger partial charge on any atom is -0.353 e. The standard InChI is InChI=1S/C36H45FN4O4/c1-24(26-11-5-3-6-12-26)38-36(43)34-29-21-28(37)16-17-31(29)39-35(27-13-7-4-8-14-27)30(34)22-40-18-19-41(32(42)23-40)25(2)45-33-15-9-10-20-44-33/h4,7-8,13-14,16-17,21,24-26,33H,3,5-6,9-12,15,18-20,22-23H2,1-2H3,(H,38,43)/t24-,25?,33?/m0/s1. The number of amides is 2. The van der Waals surface area contributed by atoms with Gasteiger partial charge in [0.15, 0.2) is 6.29 Å². The zero-order valence-electron chi connectivity index (χ0n) is 26.5. The first kappa shape index (κ1) is 31.6. The molecule has 1 aliphatic carbocycles. The third-order valence-corrected chi connectivity index (χ3v) is 9.68. The first-order valence-electron chi connectivity index (χ1n) is 16.6. The van der Waals surface area contributed by atoms with Gasteiger partial charge in [0.1, 0.15) is 12.0 Å². The summed E-state index contributed by atoms with van der Waals surface area (Å²) >= 11 is 0. The number of halogens is 1. The van der Waals surface area contributed by atoms with E-state index in [-0.39, 0.29) is 30.7 Å². The fourth-order valence-corrected chi connectivity index (χ4v) is 7.14. The number of nitrogens with one attached hydrogen (secondary N) is 1. The number of hydrogen-bond donors (Lipinski definition) is 1. The molecule has 2 aliphatic heterocycles. The van der Waals surface area contributed by atoms with Crippen molar-refractivity contribution >= 4 is 22.7 Å². The van der Waals surface area contributed by atoms with Crippen LogP contribution in [0.5, 0.6) is 0 Å². The van der Waals surface area contributed by atoms with E-state index in [1.54, 1.807) is 11.0 Å². The van der Waals surface area contributed by atoms with Crippen LogP contribution in [-0.4, -0.2) is 71.4 Å². The molecule has 2 aromatic carbocycles. The predicted octanol–water partition coefficient (Wildman–Crippen LogP) is 6.27. The molecule has 45 heavy (non-hydrogen) atoms. The number of hydrogen-bond acceptors (Lipinski definition) is 6. The molecule has 8 nitrogen and oxygen atoms in total.